The molecule has 1 N–H and O–H groups in total. The normalized spacial score (nSPS) is 18.5. The van der Waals surface area contributed by atoms with E-state index in [0.717, 1.165) is 18.7 Å². The van der Waals surface area contributed by atoms with E-state index in [1.165, 1.54) is 0 Å². The number of halogens is 2. The summed E-state index contributed by atoms with van der Waals surface area (Å²) in [5.74, 6) is 0.0326. The molecule has 0 bridgehead atoms. The maximum atomic E-state index is 12.3. The summed E-state index contributed by atoms with van der Waals surface area (Å²) < 4.78 is 5.43. The minimum Gasteiger partial charge on any atom is -0.369 e. The van der Waals surface area contributed by atoms with Crippen molar-refractivity contribution in [1.82, 2.24) is 10.2 Å². The molecule has 1 atom stereocenters. The molecule has 0 aliphatic carbocycles. The fourth-order valence-electron chi connectivity index (χ4n) is 2.34. The Hall–Kier alpha value is -0.810. The Bertz CT molecular complexity index is 469. The fourth-order valence-corrected chi connectivity index (χ4v) is 2.53. The van der Waals surface area contributed by atoms with Gasteiger partial charge in [-0.3, -0.25) is 4.79 Å². The number of piperazine rings is 1. The lowest BCUT2D eigenvalue weighted by Gasteiger charge is -2.36. The highest BCUT2D eigenvalue weighted by Crippen LogP contribution is 2.24. The molecule has 1 saturated heterocycles. The molecule has 1 amide bonds. The highest BCUT2D eigenvalue weighted by atomic mass is 35.5. The quantitative estimate of drug-likeness (QED) is 0.921. The molecule has 1 aromatic carbocycles. The van der Waals surface area contributed by atoms with Gasteiger partial charge in [-0.15, -0.1) is 12.4 Å². The number of carbonyl (C=O) groups is 1. The van der Waals surface area contributed by atoms with Crippen LogP contribution < -0.4 is 5.32 Å². The SMILES string of the molecule is CC(C)OCC(=O)N1CCNCC1c1cccc(Cl)c1.Cl. The molecule has 0 spiro atoms. The van der Waals surface area contributed by atoms with Gasteiger partial charge in [0.2, 0.25) is 5.91 Å². The summed E-state index contributed by atoms with van der Waals surface area (Å²) in [4.78, 5) is 14.2. The average Bonchev–Trinajstić information content (AvgIpc) is 2.44. The van der Waals surface area contributed by atoms with Crippen LogP contribution in [-0.2, 0) is 9.53 Å². The predicted molar refractivity (Wildman–Crippen MR) is 87.1 cm³/mol. The summed E-state index contributed by atoms with van der Waals surface area (Å²) >= 11 is 6.05. The number of hydrogen-bond donors (Lipinski definition) is 1. The van der Waals surface area contributed by atoms with Crippen LogP contribution in [-0.4, -0.2) is 43.2 Å². The number of hydrogen-bond acceptors (Lipinski definition) is 3. The van der Waals surface area contributed by atoms with Crippen molar-refractivity contribution in [3.63, 3.8) is 0 Å². The molecule has 1 heterocycles. The third kappa shape index (κ3) is 5.15. The van der Waals surface area contributed by atoms with E-state index >= 15 is 0 Å². The van der Waals surface area contributed by atoms with Gasteiger partial charge in [0.1, 0.15) is 6.61 Å². The Labute approximate surface area is 137 Å². The number of amides is 1. The van der Waals surface area contributed by atoms with Crippen molar-refractivity contribution in [2.45, 2.75) is 26.0 Å². The van der Waals surface area contributed by atoms with Crippen LogP contribution in [0.1, 0.15) is 25.5 Å². The molecule has 0 saturated carbocycles. The number of ether oxygens (including phenoxy) is 1. The topological polar surface area (TPSA) is 41.6 Å². The molecular weight excluding hydrogens is 311 g/mol. The second-order valence-corrected chi connectivity index (χ2v) is 5.66. The first-order chi connectivity index (χ1) is 9.58. The number of carbonyl (C=O) groups excluding carboxylic acids is 1. The molecule has 1 unspecified atom stereocenters. The Balaban J connectivity index is 0.00000220. The van der Waals surface area contributed by atoms with Crippen LogP contribution in [0, 0.1) is 0 Å². The van der Waals surface area contributed by atoms with E-state index in [0.29, 0.717) is 11.6 Å². The first kappa shape index (κ1) is 18.2. The van der Waals surface area contributed by atoms with E-state index in [1.54, 1.807) is 0 Å². The van der Waals surface area contributed by atoms with E-state index in [4.69, 9.17) is 16.3 Å². The lowest BCUT2D eigenvalue weighted by atomic mass is 10.0. The summed E-state index contributed by atoms with van der Waals surface area (Å²) in [6.07, 6.45) is 0.0616. The first-order valence-electron chi connectivity index (χ1n) is 6.95. The fraction of sp³-hybridized carbons (Fsp3) is 0.533. The van der Waals surface area contributed by atoms with Crippen molar-refractivity contribution in [2.75, 3.05) is 26.2 Å². The third-order valence-corrected chi connectivity index (χ3v) is 3.57. The van der Waals surface area contributed by atoms with E-state index in [2.05, 4.69) is 5.32 Å². The minimum atomic E-state index is 0. The highest BCUT2D eigenvalue weighted by molar-refractivity contribution is 6.30. The highest BCUT2D eigenvalue weighted by Gasteiger charge is 2.27. The van der Waals surface area contributed by atoms with E-state index < -0.39 is 0 Å². The van der Waals surface area contributed by atoms with Gasteiger partial charge in [-0.1, -0.05) is 23.7 Å². The van der Waals surface area contributed by atoms with Crippen LogP contribution in [0.2, 0.25) is 5.02 Å². The molecule has 0 aromatic heterocycles. The second kappa shape index (κ2) is 8.59. The lowest BCUT2D eigenvalue weighted by molar-refractivity contribution is -0.141. The van der Waals surface area contributed by atoms with Gasteiger partial charge in [-0.05, 0) is 31.5 Å². The zero-order chi connectivity index (χ0) is 14.5. The Morgan fingerprint density at radius 1 is 1.52 bits per heavy atom. The Morgan fingerprint density at radius 2 is 2.29 bits per heavy atom. The molecule has 6 heteroatoms. The number of benzene rings is 1. The summed E-state index contributed by atoms with van der Waals surface area (Å²) in [5, 5.41) is 4.02. The third-order valence-electron chi connectivity index (χ3n) is 3.34. The molecule has 2 rings (SSSR count). The summed E-state index contributed by atoms with van der Waals surface area (Å²) in [6, 6.07) is 7.70. The summed E-state index contributed by atoms with van der Waals surface area (Å²) in [7, 11) is 0. The van der Waals surface area contributed by atoms with Crippen LogP contribution in [0.25, 0.3) is 0 Å². The van der Waals surface area contributed by atoms with E-state index in [9.17, 15) is 4.79 Å². The largest absolute Gasteiger partial charge is 0.369 e. The summed E-state index contributed by atoms with van der Waals surface area (Å²) in [6.45, 7) is 6.24. The minimum absolute atomic E-state index is 0. The van der Waals surface area contributed by atoms with Crippen molar-refractivity contribution >= 4 is 29.9 Å². The van der Waals surface area contributed by atoms with Gasteiger partial charge in [0.15, 0.2) is 0 Å². The first-order valence-corrected chi connectivity index (χ1v) is 7.33. The van der Waals surface area contributed by atoms with Gasteiger partial charge in [-0.25, -0.2) is 0 Å². The van der Waals surface area contributed by atoms with Crippen molar-refractivity contribution in [1.29, 1.82) is 0 Å². The average molecular weight is 333 g/mol. The van der Waals surface area contributed by atoms with Crippen molar-refractivity contribution < 1.29 is 9.53 Å². The lowest BCUT2D eigenvalue weighted by Crippen LogP contribution is -2.49. The monoisotopic (exact) mass is 332 g/mol. The van der Waals surface area contributed by atoms with Gasteiger partial charge in [-0.2, -0.15) is 0 Å². The van der Waals surface area contributed by atoms with Crippen LogP contribution in [0.3, 0.4) is 0 Å². The maximum Gasteiger partial charge on any atom is 0.249 e. The second-order valence-electron chi connectivity index (χ2n) is 5.22. The maximum absolute atomic E-state index is 12.3. The van der Waals surface area contributed by atoms with Crippen LogP contribution in [0.15, 0.2) is 24.3 Å². The van der Waals surface area contributed by atoms with Crippen LogP contribution >= 0.6 is 24.0 Å². The molecule has 1 aliphatic heterocycles. The molecule has 0 radical (unpaired) electrons. The van der Waals surface area contributed by atoms with Gasteiger partial charge in [0.25, 0.3) is 0 Å². The van der Waals surface area contributed by atoms with Crippen molar-refractivity contribution in [3.05, 3.63) is 34.9 Å². The molecule has 1 fully saturated rings. The Kier molecular flexibility index (Phi) is 7.46. The number of rotatable bonds is 4. The van der Waals surface area contributed by atoms with Crippen LogP contribution in [0.4, 0.5) is 0 Å². The smallest absolute Gasteiger partial charge is 0.249 e. The predicted octanol–water partition coefficient (Wildman–Crippen LogP) is 2.66. The number of nitrogens with one attached hydrogen (secondary N) is 1. The molecule has 21 heavy (non-hydrogen) atoms. The van der Waals surface area contributed by atoms with E-state index in [1.807, 2.05) is 43.0 Å². The van der Waals surface area contributed by atoms with Gasteiger partial charge >= 0.3 is 0 Å². The van der Waals surface area contributed by atoms with Crippen molar-refractivity contribution in [2.24, 2.45) is 0 Å². The molecule has 118 valence electrons. The molecule has 1 aromatic rings. The van der Waals surface area contributed by atoms with Crippen molar-refractivity contribution in [3.8, 4) is 0 Å². The number of nitrogens with zero attached hydrogens (tertiary/aromatic N) is 1. The molecule has 4 nitrogen and oxygen atoms in total. The zero-order valence-electron chi connectivity index (χ0n) is 12.3. The zero-order valence-corrected chi connectivity index (χ0v) is 13.9. The molecular formula is C15H22Cl2N2O2. The van der Waals surface area contributed by atoms with Crippen LogP contribution in [0.5, 0.6) is 0 Å². The summed E-state index contributed by atoms with van der Waals surface area (Å²) in [5.41, 5.74) is 1.06. The standard InChI is InChI=1S/C15H21ClN2O2.ClH/c1-11(2)20-10-15(19)18-7-6-17-9-14(18)12-4-3-5-13(16)8-12;/h3-5,8,11,14,17H,6-7,9-10H2,1-2H3;1H. The van der Waals surface area contributed by atoms with Gasteiger partial charge in [0, 0.05) is 24.7 Å². The molecule has 1 aliphatic rings. The van der Waals surface area contributed by atoms with E-state index in [-0.39, 0.29) is 37.1 Å². The Morgan fingerprint density at radius 3 is 2.95 bits per heavy atom. The van der Waals surface area contributed by atoms with Gasteiger partial charge in [0.05, 0.1) is 12.1 Å². The van der Waals surface area contributed by atoms with Gasteiger partial charge < -0.3 is 15.0 Å².